The smallest absolute Gasteiger partial charge is 0.127 e. The van der Waals surface area contributed by atoms with Crippen LogP contribution in [0.2, 0.25) is 0 Å². The Kier molecular flexibility index (Phi) is 3.24. The molecule has 1 aromatic heterocycles. The van der Waals surface area contributed by atoms with E-state index in [-0.39, 0.29) is 4.83 Å². The predicted octanol–water partition coefficient (Wildman–Crippen LogP) is 4.77. The number of hydrogen-bond donors (Lipinski definition) is 0. The highest BCUT2D eigenvalue weighted by molar-refractivity contribution is 9.10. The molecule has 0 aliphatic carbocycles. The second-order valence-electron chi connectivity index (χ2n) is 4.41. The second kappa shape index (κ2) is 4.74. The van der Waals surface area contributed by atoms with Crippen molar-refractivity contribution in [3.8, 4) is 5.75 Å². The van der Waals surface area contributed by atoms with Crippen LogP contribution in [0.1, 0.15) is 27.3 Å². The highest BCUT2D eigenvalue weighted by Crippen LogP contribution is 2.43. The Balaban J connectivity index is 2.10. The zero-order valence-electron chi connectivity index (χ0n) is 9.87. The molecule has 0 spiro atoms. The fourth-order valence-corrected chi connectivity index (χ4v) is 3.60. The molecule has 1 aliphatic heterocycles. The minimum Gasteiger partial charge on any atom is -0.493 e. The fraction of sp³-hybridized carbons (Fsp3) is 0.286. The minimum absolute atomic E-state index is 0.0249. The monoisotopic (exact) mass is 370 g/mol. The molecule has 0 fully saturated rings. The molecule has 2 nitrogen and oxygen atoms in total. The van der Waals surface area contributed by atoms with Crippen LogP contribution in [0, 0.1) is 6.92 Å². The Morgan fingerprint density at radius 2 is 2.17 bits per heavy atom. The first-order valence-corrected chi connectivity index (χ1v) is 7.51. The van der Waals surface area contributed by atoms with Gasteiger partial charge in [-0.05, 0) is 36.2 Å². The Labute approximate surface area is 123 Å². The summed E-state index contributed by atoms with van der Waals surface area (Å²) < 4.78 is 12.4. The highest BCUT2D eigenvalue weighted by atomic mass is 79.9. The lowest BCUT2D eigenvalue weighted by atomic mass is 10.0. The molecular weight excluding hydrogens is 360 g/mol. The van der Waals surface area contributed by atoms with Crippen molar-refractivity contribution in [2.45, 2.75) is 18.2 Å². The van der Waals surface area contributed by atoms with Crippen molar-refractivity contribution in [2.75, 3.05) is 6.61 Å². The van der Waals surface area contributed by atoms with Gasteiger partial charge in [-0.15, -0.1) is 0 Å². The molecule has 1 atom stereocenters. The summed E-state index contributed by atoms with van der Waals surface area (Å²) >= 11 is 7.28. The molecule has 0 amide bonds. The van der Waals surface area contributed by atoms with Crippen molar-refractivity contribution in [3.63, 3.8) is 0 Å². The van der Waals surface area contributed by atoms with Gasteiger partial charge in [0.25, 0.3) is 0 Å². The van der Waals surface area contributed by atoms with Gasteiger partial charge in [-0.25, -0.2) is 0 Å². The first kappa shape index (κ1) is 12.3. The van der Waals surface area contributed by atoms with Crippen molar-refractivity contribution in [3.05, 3.63) is 51.4 Å². The fourth-order valence-electron chi connectivity index (χ4n) is 2.27. The van der Waals surface area contributed by atoms with Crippen LogP contribution in [-0.4, -0.2) is 6.61 Å². The van der Waals surface area contributed by atoms with E-state index in [1.807, 2.05) is 13.0 Å². The molecule has 0 saturated carbocycles. The topological polar surface area (TPSA) is 22.4 Å². The number of rotatable bonds is 2. The molecule has 94 valence electrons. The predicted molar refractivity (Wildman–Crippen MR) is 77.6 cm³/mol. The zero-order valence-corrected chi connectivity index (χ0v) is 13.0. The van der Waals surface area contributed by atoms with Gasteiger partial charge in [0.2, 0.25) is 0 Å². The van der Waals surface area contributed by atoms with Crippen molar-refractivity contribution >= 4 is 31.9 Å². The molecule has 18 heavy (non-hydrogen) atoms. The van der Waals surface area contributed by atoms with Gasteiger partial charge in [-0.1, -0.05) is 31.9 Å². The van der Waals surface area contributed by atoms with Gasteiger partial charge in [0.05, 0.1) is 12.9 Å². The number of fused-ring (bicyclic) bond motifs is 1. The van der Waals surface area contributed by atoms with Crippen LogP contribution in [0.3, 0.4) is 0 Å². The third-order valence-electron chi connectivity index (χ3n) is 3.18. The lowest BCUT2D eigenvalue weighted by Crippen LogP contribution is -1.97. The van der Waals surface area contributed by atoms with Crippen molar-refractivity contribution in [1.82, 2.24) is 0 Å². The van der Waals surface area contributed by atoms with Gasteiger partial charge in [-0.2, -0.15) is 0 Å². The Bertz CT molecular complexity index is 589. The average Bonchev–Trinajstić information content (AvgIpc) is 2.95. The minimum atomic E-state index is 0.0249. The van der Waals surface area contributed by atoms with Crippen LogP contribution < -0.4 is 4.74 Å². The van der Waals surface area contributed by atoms with Gasteiger partial charge in [0.1, 0.15) is 16.3 Å². The molecule has 0 bridgehead atoms. The van der Waals surface area contributed by atoms with Crippen LogP contribution in [0.5, 0.6) is 5.75 Å². The maximum Gasteiger partial charge on any atom is 0.127 e. The summed E-state index contributed by atoms with van der Waals surface area (Å²) in [6.07, 6.45) is 2.69. The van der Waals surface area contributed by atoms with Crippen molar-refractivity contribution in [1.29, 1.82) is 0 Å². The van der Waals surface area contributed by atoms with E-state index in [1.165, 1.54) is 5.56 Å². The third-order valence-corrected chi connectivity index (χ3v) is 4.55. The maximum atomic E-state index is 5.75. The molecule has 2 aromatic rings. The van der Waals surface area contributed by atoms with Gasteiger partial charge in [0, 0.05) is 16.5 Å². The molecule has 1 aliphatic rings. The molecule has 0 N–H and O–H groups in total. The second-order valence-corrected chi connectivity index (χ2v) is 6.24. The number of alkyl halides is 1. The lowest BCUT2D eigenvalue weighted by molar-refractivity contribution is 0.353. The molecule has 0 radical (unpaired) electrons. The Morgan fingerprint density at radius 1 is 1.33 bits per heavy atom. The summed E-state index contributed by atoms with van der Waals surface area (Å²) in [6, 6.07) is 6.19. The van der Waals surface area contributed by atoms with Crippen LogP contribution in [-0.2, 0) is 6.42 Å². The van der Waals surface area contributed by atoms with Crippen LogP contribution in [0.25, 0.3) is 0 Å². The molecule has 4 heteroatoms. The number of ether oxygens (including phenoxy) is 1. The summed E-state index contributed by atoms with van der Waals surface area (Å²) in [4.78, 5) is 0.0249. The molecule has 3 rings (SSSR count). The van der Waals surface area contributed by atoms with Gasteiger partial charge in [-0.3, -0.25) is 0 Å². The van der Waals surface area contributed by atoms with E-state index in [0.29, 0.717) is 0 Å². The van der Waals surface area contributed by atoms with E-state index < -0.39 is 0 Å². The number of halogens is 2. The lowest BCUT2D eigenvalue weighted by Gasteiger charge is -2.14. The SMILES string of the molecule is Cc1ccoc1C(Br)c1cc(Br)cc2c1OCC2. The van der Waals surface area contributed by atoms with Crippen LogP contribution in [0.15, 0.2) is 33.4 Å². The zero-order chi connectivity index (χ0) is 12.7. The van der Waals surface area contributed by atoms with Gasteiger partial charge < -0.3 is 9.15 Å². The largest absolute Gasteiger partial charge is 0.493 e. The number of furan rings is 1. The van der Waals surface area contributed by atoms with Crippen molar-refractivity contribution in [2.24, 2.45) is 0 Å². The van der Waals surface area contributed by atoms with E-state index >= 15 is 0 Å². The third kappa shape index (κ3) is 2.01. The molecular formula is C14H12Br2O2. The summed E-state index contributed by atoms with van der Waals surface area (Å²) in [5, 5.41) is 0. The number of benzene rings is 1. The summed E-state index contributed by atoms with van der Waals surface area (Å²) in [5.41, 5.74) is 3.52. The summed E-state index contributed by atoms with van der Waals surface area (Å²) in [7, 11) is 0. The first-order chi connectivity index (χ1) is 8.66. The molecule has 0 saturated heterocycles. The number of hydrogen-bond acceptors (Lipinski definition) is 2. The van der Waals surface area contributed by atoms with Crippen molar-refractivity contribution < 1.29 is 9.15 Å². The Hall–Kier alpha value is -0.740. The van der Waals surface area contributed by atoms with Gasteiger partial charge >= 0.3 is 0 Å². The average molecular weight is 372 g/mol. The van der Waals surface area contributed by atoms with Gasteiger partial charge in [0.15, 0.2) is 0 Å². The summed E-state index contributed by atoms with van der Waals surface area (Å²) in [5.74, 6) is 1.93. The maximum absolute atomic E-state index is 5.75. The van der Waals surface area contributed by atoms with Crippen LogP contribution >= 0.6 is 31.9 Å². The highest BCUT2D eigenvalue weighted by Gasteiger charge is 2.25. The normalized spacial score (nSPS) is 15.3. The van der Waals surface area contributed by atoms with E-state index in [0.717, 1.165) is 40.1 Å². The molecule has 1 aromatic carbocycles. The standard InChI is InChI=1S/C14H12Br2O2/c1-8-2-4-17-13(8)12(16)11-7-10(15)6-9-3-5-18-14(9)11/h2,4,6-7,12H,3,5H2,1H3. The number of aryl methyl sites for hydroxylation is 1. The van der Waals surface area contributed by atoms with E-state index in [4.69, 9.17) is 9.15 Å². The first-order valence-electron chi connectivity index (χ1n) is 5.80. The van der Waals surface area contributed by atoms with E-state index in [9.17, 15) is 0 Å². The quantitative estimate of drug-likeness (QED) is 0.709. The van der Waals surface area contributed by atoms with E-state index in [1.54, 1.807) is 6.26 Å². The molecule has 1 unspecified atom stereocenters. The van der Waals surface area contributed by atoms with E-state index in [2.05, 4.69) is 44.0 Å². The van der Waals surface area contributed by atoms with Crippen LogP contribution in [0.4, 0.5) is 0 Å². The molecule has 2 heterocycles. The summed E-state index contributed by atoms with van der Waals surface area (Å²) in [6.45, 7) is 2.81. The Morgan fingerprint density at radius 3 is 2.89 bits per heavy atom.